The Kier molecular flexibility index (Phi) is 5.03. The number of hydrogen-bond acceptors (Lipinski definition) is 3. The SMILES string of the molecule is COc1ccc(Cl)cc1/C=C/C=N\NC(N)=O. The average molecular weight is 254 g/mol. The van der Waals surface area contributed by atoms with Crippen LogP contribution in [0.25, 0.3) is 6.08 Å². The van der Waals surface area contributed by atoms with E-state index in [1.54, 1.807) is 37.5 Å². The first-order valence-corrected chi connectivity index (χ1v) is 5.10. The Morgan fingerprint density at radius 3 is 3.00 bits per heavy atom. The third kappa shape index (κ3) is 4.56. The van der Waals surface area contributed by atoms with Crippen molar-refractivity contribution in [2.24, 2.45) is 10.8 Å². The number of carbonyl (C=O) groups excluding carboxylic acids is 1. The molecule has 0 unspecified atom stereocenters. The number of methoxy groups -OCH3 is 1. The number of allylic oxidation sites excluding steroid dienone is 1. The summed E-state index contributed by atoms with van der Waals surface area (Å²) in [7, 11) is 1.57. The van der Waals surface area contributed by atoms with Crippen molar-refractivity contribution in [3.63, 3.8) is 0 Å². The van der Waals surface area contributed by atoms with Crippen molar-refractivity contribution >= 4 is 29.9 Å². The molecule has 0 fully saturated rings. The summed E-state index contributed by atoms with van der Waals surface area (Å²) < 4.78 is 5.15. The van der Waals surface area contributed by atoms with Crippen molar-refractivity contribution in [1.82, 2.24) is 5.43 Å². The highest BCUT2D eigenvalue weighted by atomic mass is 35.5. The van der Waals surface area contributed by atoms with E-state index in [4.69, 9.17) is 22.1 Å². The van der Waals surface area contributed by atoms with Crippen LogP contribution in [0.4, 0.5) is 4.79 Å². The van der Waals surface area contributed by atoms with Crippen LogP contribution in [0.3, 0.4) is 0 Å². The predicted molar refractivity (Wildman–Crippen MR) is 68.2 cm³/mol. The lowest BCUT2D eigenvalue weighted by Gasteiger charge is -2.04. The molecule has 0 radical (unpaired) electrons. The molecule has 0 atom stereocenters. The largest absolute Gasteiger partial charge is 0.496 e. The summed E-state index contributed by atoms with van der Waals surface area (Å²) in [4.78, 5) is 10.3. The van der Waals surface area contributed by atoms with Gasteiger partial charge >= 0.3 is 6.03 Å². The fraction of sp³-hybridized carbons (Fsp3) is 0.0909. The molecule has 1 aromatic carbocycles. The molecule has 1 aromatic rings. The summed E-state index contributed by atoms with van der Waals surface area (Å²) >= 11 is 5.86. The molecule has 0 saturated carbocycles. The van der Waals surface area contributed by atoms with Gasteiger partial charge in [0.2, 0.25) is 0 Å². The van der Waals surface area contributed by atoms with Gasteiger partial charge in [-0.2, -0.15) is 5.10 Å². The molecule has 17 heavy (non-hydrogen) atoms. The van der Waals surface area contributed by atoms with Gasteiger partial charge in [0.25, 0.3) is 0 Å². The Morgan fingerprint density at radius 2 is 2.35 bits per heavy atom. The van der Waals surface area contributed by atoms with Crippen molar-refractivity contribution < 1.29 is 9.53 Å². The van der Waals surface area contributed by atoms with Gasteiger partial charge in [0, 0.05) is 16.8 Å². The molecule has 6 heteroatoms. The van der Waals surface area contributed by atoms with Crippen LogP contribution in [0.5, 0.6) is 5.75 Å². The van der Waals surface area contributed by atoms with Gasteiger partial charge in [-0.3, -0.25) is 0 Å². The van der Waals surface area contributed by atoms with E-state index in [1.165, 1.54) is 6.21 Å². The van der Waals surface area contributed by atoms with Gasteiger partial charge in [-0.25, -0.2) is 10.2 Å². The number of hydrazone groups is 1. The number of urea groups is 1. The van der Waals surface area contributed by atoms with Crippen LogP contribution < -0.4 is 15.9 Å². The molecular weight excluding hydrogens is 242 g/mol. The van der Waals surface area contributed by atoms with E-state index < -0.39 is 6.03 Å². The van der Waals surface area contributed by atoms with Crippen LogP contribution in [0.1, 0.15) is 5.56 Å². The molecule has 0 aliphatic heterocycles. The third-order valence-corrected chi connectivity index (χ3v) is 2.04. The summed E-state index contributed by atoms with van der Waals surface area (Å²) in [5.41, 5.74) is 7.71. The molecule has 1 rings (SSSR count). The Balaban J connectivity index is 2.73. The second-order valence-corrected chi connectivity index (χ2v) is 3.44. The normalized spacial score (nSPS) is 10.9. The summed E-state index contributed by atoms with van der Waals surface area (Å²) in [6.07, 6.45) is 4.77. The summed E-state index contributed by atoms with van der Waals surface area (Å²) in [5.74, 6) is 0.696. The molecule has 0 aliphatic rings. The van der Waals surface area contributed by atoms with Gasteiger partial charge in [0.15, 0.2) is 0 Å². The number of benzene rings is 1. The highest BCUT2D eigenvalue weighted by molar-refractivity contribution is 6.30. The fourth-order valence-corrected chi connectivity index (χ4v) is 1.31. The third-order valence-electron chi connectivity index (χ3n) is 1.80. The van der Waals surface area contributed by atoms with Crippen molar-refractivity contribution in [1.29, 1.82) is 0 Å². The molecule has 0 spiro atoms. The fourth-order valence-electron chi connectivity index (χ4n) is 1.13. The second-order valence-electron chi connectivity index (χ2n) is 3.00. The molecule has 5 nitrogen and oxygen atoms in total. The van der Waals surface area contributed by atoms with Crippen LogP contribution >= 0.6 is 11.6 Å². The van der Waals surface area contributed by atoms with Crippen LogP contribution in [-0.4, -0.2) is 19.4 Å². The van der Waals surface area contributed by atoms with E-state index >= 15 is 0 Å². The van der Waals surface area contributed by atoms with Gasteiger partial charge in [0.1, 0.15) is 5.75 Å². The van der Waals surface area contributed by atoms with Crippen molar-refractivity contribution in [2.45, 2.75) is 0 Å². The van der Waals surface area contributed by atoms with Crippen LogP contribution in [-0.2, 0) is 0 Å². The smallest absolute Gasteiger partial charge is 0.332 e. The first kappa shape index (κ1) is 13.1. The number of rotatable bonds is 4. The number of nitrogens with zero attached hydrogens (tertiary/aromatic N) is 1. The number of amides is 2. The maximum Gasteiger partial charge on any atom is 0.332 e. The minimum absolute atomic E-state index is 0.609. The highest BCUT2D eigenvalue weighted by Gasteiger charge is 1.99. The van der Waals surface area contributed by atoms with E-state index in [-0.39, 0.29) is 0 Å². The standard InChI is InChI=1S/C11H12ClN3O2/c1-17-10-5-4-9(12)7-8(10)3-2-6-14-15-11(13)16/h2-7H,1H3,(H3,13,15,16)/b3-2+,14-6-. The lowest BCUT2D eigenvalue weighted by molar-refractivity contribution is 0.249. The minimum Gasteiger partial charge on any atom is -0.496 e. The predicted octanol–water partition coefficient (Wildman–Crippen LogP) is 2.02. The van der Waals surface area contributed by atoms with Gasteiger partial charge in [-0.05, 0) is 30.4 Å². The summed E-state index contributed by atoms with van der Waals surface area (Å²) in [5, 5.41) is 4.16. The number of nitrogens with two attached hydrogens (primary N) is 1. The number of halogens is 1. The number of primary amides is 1. The monoisotopic (exact) mass is 253 g/mol. The van der Waals surface area contributed by atoms with Crippen LogP contribution in [0, 0.1) is 0 Å². The van der Waals surface area contributed by atoms with Crippen LogP contribution in [0.2, 0.25) is 5.02 Å². The van der Waals surface area contributed by atoms with Gasteiger partial charge in [0.05, 0.1) is 7.11 Å². The number of ether oxygens (including phenoxy) is 1. The molecule has 0 aromatic heterocycles. The Labute approximate surface area is 104 Å². The Bertz CT molecular complexity index is 458. The first-order chi connectivity index (χ1) is 8.13. The van der Waals surface area contributed by atoms with E-state index in [2.05, 4.69) is 10.5 Å². The van der Waals surface area contributed by atoms with E-state index in [9.17, 15) is 4.79 Å². The van der Waals surface area contributed by atoms with E-state index in [0.29, 0.717) is 10.8 Å². The maximum atomic E-state index is 10.3. The van der Waals surface area contributed by atoms with Crippen molar-refractivity contribution in [3.05, 3.63) is 34.9 Å². The molecule has 2 amide bonds. The van der Waals surface area contributed by atoms with Crippen LogP contribution in [0.15, 0.2) is 29.4 Å². The molecular formula is C11H12ClN3O2. The van der Waals surface area contributed by atoms with Crippen molar-refractivity contribution in [3.8, 4) is 5.75 Å². The Hall–Kier alpha value is -2.01. The second kappa shape index (κ2) is 6.55. The first-order valence-electron chi connectivity index (χ1n) is 4.72. The average Bonchev–Trinajstić information content (AvgIpc) is 2.28. The number of hydrogen-bond donors (Lipinski definition) is 2. The van der Waals surface area contributed by atoms with Gasteiger partial charge in [-0.1, -0.05) is 11.6 Å². The molecule has 90 valence electrons. The molecule has 0 aliphatic carbocycles. The molecule has 0 heterocycles. The maximum absolute atomic E-state index is 10.3. The minimum atomic E-state index is -0.713. The zero-order valence-corrected chi connectivity index (χ0v) is 9.94. The lowest BCUT2D eigenvalue weighted by atomic mass is 10.2. The highest BCUT2D eigenvalue weighted by Crippen LogP contribution is 2.23. The lowest BCUT2D eigenvalue weighted by Crippen LogP contribution is -2.24. The van der Waals surface area contributed by atoms with Crippen molar-refractivity contribution in [2.75, 3.05) is 7.11 Å². The quantitative estimate of drug-likeness (QED) is 0.636. The zero-order valence-electron chi connectivity index (χ0n) is 9.18. The number of nitrogens with one attached hydrogen (secondary N) is 1. The van der Waals surface area contributed by atoms with E-state index in [1.807, 2.05) is 0 Å². The van der Waals surface area contributed by atoms with Gasteiger partial charge < -0.3 is 10.5 Å². The molecule has 0 saturated heterocycles. The Morgan fingerprint density at radius 1 is 1.59 bits per heavy atom. The zero-order chi connectivity index (χ0) is 12.7. The number of carbonyl (C=O) groups is 1. The van der Waals surface area contributed by atoms with Gasteiger partial charge in [-0.15, -0.1) is 0 Å². The summed E-state index contributed by atoms with van der Waals surface area (Å²) in [6.45, 7) is 0. The summed E-state index contributed by atoms with van der Waals surface area (Å²) in [6, 6.07) is 4.54. The molecule has 3 N–H and O–H groups in total. The topological polar surface area (TPSA) is 76.7 Å². The van der Waals surface area contributed by atoms with E-state index in [0.717, 1.165) is 5.56 Å². The molecule has 0 bridgehead atoms.